The minimum Gasteiger partial charge on any atom is -0.481 e. The fourth-order valence-corrected chi connectivity index (χ4v) is 1.46. The molecule has 6 heteroatoms. The second-order valence-electron chi connectivity index (χ2n) is 2.75. The third-order valence-corrected chi connectivity index (χ3v) is 2.99. The molecule has 0 aliphatic heterocycles. The summed E-state index contributed by atoms with van der Waals surface area (Å²) in [6, 6.07) is 0. The molecule has 0 bridgehead atoms. The van der Waals surface area contributed by atoms with Gasteiger partial charge in [0.25, 0.3) is 0 Å². The lowest BCUT2D eigenvalue weighted by atomic mass is 10.0. The van der Waals surface area contributed by atoms with Crippen LogP contribution in [0.2, 0.25) is 0 Å². The fourth-order valence-electron chi connectivity index (χ4n) is 0.895. The van der Waals surface area contributed by atoms with Crippen molar-refractivity contribution in [3.8, 4) is 0 Å². The van der Waals surface area contributed by atoms with Gasteiger partial charge in [-0.1, -0.05) is 12.2 Å². The van der Waals surface area contributed by atoms with Crippen LogP contribution < -0.4 is 0 Å². The van der Waals surface area contributed by atoms with Gasteiger partial charge in [0.15, 0.2) is 0 Å². The van der Waals surface area contributed by atoms with E-state index >= 15 is 0 Å². The maximum Gasteiger partial charge on any atom is 0.306 e. The molecule has 1 atom stereocenters. The summed E-state index contributed by atoms with van der Waals surface area (Å²) in [6.45, 7) is 0. The van der Waals surface area contributed by atoms with Gasteiger partial charge in [0.1, 0.15) is 0 Å². The number of carbonyl (C=O) groups is 2. The van der Waals surface area contributed by atoms with E-state index in [1.807, 2.05) is 0 Å². The number of rotatable bonds is 6. The van der Waals surface area contributed by atoms with Gasteiger partial charge in [0.2, 0.25) is 0 Å². The zero-order chi connectivity index (χ0) is 11.1. The predicted octanol–water partition coefficient (Wildman–Crippen LogP) is 1.63. The van der Waals surface area contributed by atoms with Crippen molar-refractivity contribution in [1.29, 1.82) is 0 Å². The molecule has 0 aromatic heterocycles. The Bertz CT molecular complexity index is 239. The molecular weight excluding hydrogens is 224 g/mol. The van der Waals surface area contributed by atoms with Crippen LogP contribution in [0.1, 0.15) is 19.3 Å². The zero-order valence-corrected chi connectivity index (χ0v) is 9.36. The molecule has 0 spiro atoms. The van der Waals surface area contributed by atoms with Crippen LogP contribution >= 0.6 is 24.0 Å². The molecule has 1 unspecified atom stereocenters. The smallest absolute Gasteiger partial charge is 0.306 e. The Morgan fingerprint density at radius 3 is 2.36 bits per heavy atom. The highest BCUT2D eigenvalue weighted by atomic mass is 32.2. The lowest BCUT2D eigenvalue weighted by Crippen LogP contribution is -2.17. The van der Waals surface area contributed by atoms with E-state index in [-0.39, 0.29) is 19.3 Å². The Kier molecular flexibility index (Phi) is 6.48. The van der Waals surface area contributed by atoms with Crippen molar-refractivity contribution in [2.75, 3.05) is 6.26 Å². The van der Waals surface area contributed by atoms with E-state index in [2.05, 4.69) is 0 Å². The lowest BCUT2D eigenvalue weighted by Gasteiger charge is -2.10. The quantitative estimate of drug-likeness (QED) is 0.683. The SMILES string of the molecule is CSC(=S)CC(CCC(=O)O)C(=O)O. The van der Waals surface area contributed by atoms with Gasteiger partial charge < -0.3 is 10.2 Å². The summed E-state index contributed by atoms with van der Waals surface area (Å²) >= 11 is 6.21. The van der Waals surface area contributed by atoms with Crippen molar-refractivity contribution in [3.05, 3.63) is 0 Å². The van der Waals surface area contributed by atoms with Gasteiger partial charge in [-0.2, -0.15) is 0 Å². The van der Waals surface area contributed by atoms with E-state index in [0.717, 1.165) is 0 Å². The summed E-state index contributed by atoms with van der Waals surface area (Å²) in [4.78, 5) is 21.0. The molecule has 0 rings (SSSR count). The first kappa shape index (κ1) is 13.4. The standard InChI is InChI=1S/C8H12O4S2/c1-14-7(13)4-5(8(11)12)2-3-6(9)10/h5H,2-4H2,1H3,(H,9,10)(H,11,12). The number of carboxylic acid groups (broad SMARTS) is 2. The molecule has 4 nitrogen and oxygen atoms in total. The van der Waals surface area contributed by atoms with Crippen LogP contribution in [-0.2, 0) is 9.59 Å². The van der Waals surface area contributed by atoms with E-state index in [1.54, 1.807) is 6.26 Å². The molecule has 0 aliphatic rings. The summed E-state index contributed by atoms with van der Waals surface area (Å²) in [5, 5.41) is 17.2. The van der Waals surface area contributed by atoms with Gasteiger partial charge in [-0.25, -0.2) is 0 Å². The summed E-state index contributed by atoms with van der Waals surface area (Å²) < 4.78 is 0.600. The first-order valence-corrected chi connectivity index (χ1v) is 5.62. The van der Waals surface area contributed by atoms with Crippen LogP contribution in [0.15, 0.2) is 0 Å². The van der Waals surface area contributed by atoms with Crippen molar-refractivity contribution in [1.82, 2.24) is 0 Å². The van der Waals surface area contributed by atoms with Crippen LogP contribution in [0.4, 0.5) is 0 Å². The second-order valence-corrected chi connectivity index (χ2v) is 4.40. The molecule has 14 heavy (non-hydrogen) atoms. The van der Waals surface area contributed by atoms with E-state index in [4.69, 9.17) is 22.4 Å². The average Bonchev–Trinajstić information content (AvgIpc) is 2.10. The van der Waals surface area contributed by atoms with Gasteiger partial charge in [-0.15, -0.1) is 11.8 Å². The second kappa shape index (κ2) is 6.78. The first-order chi connectivity index (χ1) is 6.47. The van der Waals surface area contributed by atoms with Crippen molar-refractivity contribution >= 4 is 40.1 Å². The summed E-state index contributed by atoms with van der Waals surface area (Å²) in [6.07, 6.45) is 2.04. The van der Waals surface area contributed by atoms with Crippen molar-refractivity contribution in [2.24, 2.45) is 5.92 Å². The number of hydrogen-bond acceptors (Lipinski definition) is 4. The molecule has 0 saturated heterocycles. The molecule has 0 aromatic rings. The zero-order valence-electron chi connectivity index (χ0n) is 7.73. The van der Waals surface area contributed by atoms with Gasteiger partial charge >= 0.3 is 11.9 Å². The number of aliphatic carboxylic acids is 2. The van der Waals surface area contributed by atoms with Crippen LogP contribution in [0.25, 0.3) is 0 Å². The minimum absolute atomic E-state index is 0.130. The van der Waals surface area contributed by atoms with Gasteiger partial charge in [-0.05, 0) is 12.7 Å². The lowest BCUT2D eigenvalue weighted by molar-refractivity contribution is -0.142. The van der Waals surface area contributed by atoms with Crippen molar-refractivity contribution in [2.45, 2.75) is 19.3 Å². The van der Waals surface area contributed by atoms with Crippen LogP contribution in [-0.4, -0.2) is 32.6 Å². The Labute approximate surface area is 91.7 Å². The molecule has 0 aromatic carbocycles. The maximum absolute atomic E-state index is 10.7. The summed E-state index contributed by atoms with van der Waals surface area (Å²) in [7, 11) is 0. The molecule has 0 heterocycles. The predicted molar refractivity (Wildman–Crippen MR) is 58.7 cm³/mol. The maximum atomic E-state index is 10.7. The molecule has 80 valence electrons. The third-order valence-electron chi connectivity index (χ3n) is 1.70. The highest BCUT2D eigenvalue weighted by Crippen LogP contribution is 2.17. The van der Waals surface area contributed by atoms with E-state index in [1.165, 1.54) is 11.8 Å². The number of thioether (sulfide) groups is 1. The number of hydrogen-bond donors (Lipinski definition) is 2. The molecule has 2 N–H and O–H groups in total. The molecule has 0 amide bonds. The van der Waals surface area contributed by atoms with Crippen LogP contribution in [0, 0.1) is 5.92 Å². The van der Waals surface area contributed by atoms with E-state index < -0.39 is 17.9 Å². The summed E-state index contributed by atoms with van der Waals surface area (Å²) in [5.41, 5.74) is 0. The number of carboxylic acids is 2. The van der Waals surface area contributed by atoms with Crippen LogP contribution in [0.5, 0.6) is 0 Å². The normalized spacial score (nSPS) is 12.1. The fraction of sp³-hybridized carbons (Fsp3) is 0.625. The molecule has 0 saturated carbocycles. The average molecular weight is 236 g/mol. The largest absolute Gasteiger partial charge is 0.481 e. The molecular formula is C8H12O4S2. The van der Waals surface area contributed by atoms with Crippen LogP contribution in [0.3, 0.4) is 0 Å². The Balaban J connectivity index is 4.09. The Hall–Kier alpha value is -0.620. The van der Waals surface area contributed by atoms with Gasteiger partial charge in [0.05, 0.1) is 5.92 Å². The van der Waals surface area contributed by atoms with Gasteiger partial charge in [-0.3, -0.25) is 9.59 Å². The minimum atomic E-state index is -0.984. The van der Waals surface area contributed by atoms with Gasteiger partial charge in [0, 0.05) is 17.0 Å². The monoisotopic (exact) mass is 236 g/mol. The molecule has 0 radical (unpaired) electrons. The summed E-state index contributed by atoms with van der Waals surface area (Å²) in [5.74, 6) is -2.64. The highest BCUT2D eigenvalue weighted by Gasteiger charge is 2.19. The van der Waals surface area contributed by atoms with E-state index in [9.17, 15) is 9.59 Å². The Morgan fingerprint density at radius 2 is 2.00 bits per heavy atom. The first-order valence-electron chi connectivity index (χ1n) is 3.98. The third kappa shape index (κ3) is 5.93. The Morgan fingerprint density at radius 1 is 1.43 bits per heavy atom. The highest BCUT2D eigenvalue weighted by molar-refractivity contribution is 8.22. The van der Waals surface area contributed by atoms with Crippen molar-refractivity contribution < 1.29 is 19.8 Å². The molecule has 0 aliphatic carbocycles. The van der Waals surface area contributed by atoms with E-state index in [0.29, 0.717) is 4.20 Å². The van der Waals surface area contributed by atoms with Crippen molar-refractivity contribution in [3.63, 3.8) is 0 Å². The molecule has 0 fully saturated rings. The number of thiocarbonyl (C=S) groups is 1. The topological polar surface area (TPSA) is 74.6 Å².